The molecular formula is C32H30N2O3. The van der Waals surface area contributed by atoms with Gasteiger partial charge in [0.15, 0.2) is 0 Å². The van der Waals surface area contributed by atoms with Crippen LogP contribution in [0.25, 0.3) is 16.8 Å². The Morgan fingerprint density at radius 2 is 1.65 bits per heavy atom. The first kappa shape index (κ1) is 22.3. The van der Waals surface area contributed by atoms with Gasteiger partial charge in [-0.3, -0.25) is 14.5 Å². The molecule has 0 radical (unpaired) electrons. The minimum absolute atomic E-state index is 0.104. The van der Waals surface area contributed by atoms with E-state index in [2.05, 4.69) is 92.5 Å². The summed E-state index contributed by atoms with van der Waals surface area (Å²) < 4.78 is 6.88. The van der Waals surface area contributed by atoms with Crippen molar-refractivity contribution in [1.82, 2.24) is 4.90 Å². The zero-order valence-electron chi connectivity index (χ0n) is 21.5. The number of hydrogen-bond donors (Lipinski definition) is 0. The number of imide groups is 1. The summed E-state index contributed by atoms with van der Waals surface area (Å²) in [6.45, 7) is 4.73. The standard InChI is InChI=1S/C32H30N2O3/c1-31(2)26-14-12-20(19-34-29(35)24-10-6-7-11-25(24)30(34)36)18-27(26)33(3)32(31)17-16-23-22-9-5-4-8-21(22)13-15-28(23)37-32/h4-5,8-9,12-18H,6-7,10-11,19H2,1-3H3. The number of hydrogen-bond acceptors (Lipinski definition) is 4. The molecule has 1 aliphatic carbocycles. The van der Waals surface area contributed by atoms with E-state index in [1.807, 2.05) is 0 Å². The van der Waals surface area contributed by atoms with Crippen molar-refractivity contribution in [3.05, 3.63) is 88.5 Å². The molecular weight excluding hydrogens is 460 g/mol. The summed E-state index contributed by atoms with van der Waals surface area (Å²) in [6.07, 6.45) is 7.80. The largest absolute Gasteiger partial charge is 0.463 e. The van der Waals surface area contributed by atoms with Crippen molar-refractivity contribution in [1.29, 1.82) is 0 Å². The summed E-state index contributed by atoms with van der Waals surface area (Å²) in [4.78, 5) is 29.7. The molecule has 1 atom stereocenters. The monoisotopic (exact) mass is 490 g/mol. The maximum absolute atomic E-state index is 13.0. The van der Waals surface area contributed by atoms with Gasteiger partial charge in [0, 0.05) is 29.4 Å². The highest BCUT2D eigenvalue weighted by atomic mass is 16.5. The third kappa shape index (κ3) is 2.91. The van der Waals surface area contributed by atoms with Crippen molar-refractivity contribution < 1.29 is 14.3 Å². The number of fused-ring (bicyclic) bond motifs is 4. The van der Waals surface area contributed by atoms with Crippen molar-refractivity contribution in [3.8, 4) is 5.75 Å². The van der Waals surface area contributed by atoms with Crippen LogP contribution in [-0.2, 0) is 21.5 Å². The molecule has 0 N–H and O–H groups in total. The number of ether oxygens (including phenoxy) is 1. The van der Waals surface area contributed by atoms with Crippen molar-refractivity contribution in [2.75, 3.05) is 11.9 Å². The van der Waals surface area contributed by atoms with E-state index in [0.29, 0.717) is 6.54 Å². The summed E-state index contributed by atoms with van der Waals surface area (Å²) in [5.41, 5.74) is 4.75. The number of rotatable bonds is 2. The molecule has 37 heavy (non-hydrogen) atoms. The number of likely N-dealkylation sites (N-methyl/N-ethyl adjacent to an activating group) is 1. The summed E-state index contributed by atoms with van der Waals surface area (Å²) >= 11 is 0. The van der Waals surface area contributed by atoms with Crippen LogP contribution < -0.4 is 9.64 Å². The van der Waals surface area contributed by atoms with Crippen LogP contribution in [-0.4, -0.2) is 29.5 Å². The predicted molar refractivity (Wildman–Crippen MR) is 145 cm³/mol. The van der Waals surface area contributed by atoms with E-state index in [0.717, 1.165) is 59.4 Å². The second kappa shape index (κ2) is 7.58. The van der Waals surface area contributed by atoms with Gasteiger partial charge < -0.3 is 9.64 Å². The Morgan fingerprint density at radius 1 is 0.919 bits per heavy atom. The number of nitrogens with zero attached hydrogens (tertiary/aromatic N) is 2. The topological polar surface area (TPSA) is 49.9 Å². The Kier molecular flexibility index (Phi) is 4.58. The minimum atomic E-state index is -0.691. The first-order valence-electron chi connectivity index (χ1n) is 13.2. The highest BCUT2D eigenvalue weighted by molar-refractivity contribution is 6.19. The fourth-order valence-corrected chi connectivity index (χ4v) is 6.84. The molecule has 5 nitrogen and oxygen atoms in total. The Balaban J connectivity index is 1.23. The average Bonchev–Trinajstić information content (AvgIpc) is 3.24. The molecule has 186 valence electrons. The van der Waals surface area contributed by atoms with Crippen LogP contribution in [0.4, 0.5) is 5.69 Å². The maximum Gasteiger partial charge on any atom is 0.257 e. The van der Waals surface area contributed by atoms with Crippen LogP contribution in [0.3, 0.4) is 0 Å². The van der Waals surface area contributed by atoms with Crippen molar-refractivity contribution in [2.24, 2.45) is 0 Å². The van der Waals surface area contributed by atoms with E-state index >= 15 is 0 Å². The van der Waals surface area contributed by atoms with Gasteiger partial charge in [0.25, 0.3) is 11.8 Å². The smallest absolute Gasteiger partial charge is 0.257 e. The average molecular weight is 491 g/mol. The van der Waals surface area contributed by atoms with Crippen molar-refractivity contribution in [3.63, 3.8) is 0 Å². The molecule has 0 saturated carbocycles. The second-order valence-corrected chi connectivity index (χ2v) is 11.2. The van der Waals surface area contributed by atoms with Gasteiger partial charge >= 0.3 is 0 Å². The van der Waals surface area contributed by atoms with Gasteiger partial charge in [-0.1, -0.05) is 42.5 Å². The van der Waals surface area contributed by atoms with E-state index in [4.69, 9.17) is 4.74 Å². The first-order chi connectivity index (χ1) is 17.8. The number of carbonyl (C=O) groups excluding carboxylic acids is 2. The van der Waals surface area contributed by atoms with E-state index < -0.39 is 5.72 Å². The lowest BCUT2D eigenvalue weighted by atomic mass is 9.76. The molecule has 3 aromatic carbocycles. The third-order valence-electron chi connectivity index (χ3n) is 8.98. The molecule has 2 amide bonds. The van der Waals surface area contributed by atoms with Crippen molar-refractivity contribution in [2.45, 2.75) is 57.2 Å². The van der Waals surface area contributed by atoms with E-state index in [-0.39, 0.29) is 17.2 Å². The maximum atomic E-state index is 13.0. The lowest BCUT2D eigenvalue weighted by Gasteiger charge is -2.46. The zero-order valence-corrected chi connectivity index (χ0v) is 21.5. The fraction of sp³-hybridized carbons (Fsp3) is 0.312. The molecule has 1 spiro atoms. The normalized spacial score (nSPS) is 23.5. The summed E-state index contributed by atoms with van der Waals surface area (Å²) in [5, 5.41) is 2.38. The third-order valence-corrected chi connectivity index (χ3v) is 8.98. The number of benzene rings is 3. The fourth-order valence-electron chi connectivity index (χ4n) is 6.84. The Labute approximate surface area is 217 Å². The van der Waals surface area contributed by atoms with Gasteiger partial charge in [-0.25, -0.2) is 0 Å². The highest BCUT2D eigenvalue weighted by Crippen LogP contribution is 2.55. The molecule has 5 heteroatoms. The number of carbonyl (C=O) groups is 2. The Bertz CT molecular complexity index is 1550. The van der Waals surface area contributed by atoms with Crippen LogP contribution in [0.1, 0.15) is 56.2 Å². The zero-order chi connectivity index (χ0) is 25.5. The lowest BCUT2D eigenvalue weighted by molar-refractivity contribution is -0.138. The van der Waals surface area contributed by atoms with Gasteiger partial charge in [-0.05, 0) is 85.7 Å². The van der Waals surface area contributed by atoms with Gasteiger partial charge in [-0.2, -0.15) is 0 Å². The first-order valence-corrected chi connectivity index (χ1v) is 13.2. The molecule has 0 aromatic heterocycles. The molecule has 3 heterocycles. The Morgan fingerprint density at radius 3 is 2.41 bits per heavy atom. The minimum Gasteiger partial charge on any atom is -0.463 e. The SMILES string of the molecule is CN1c2cc(CN3C(=O)C4=C(CCCC4)C3=O)ccc2C(C)(C)C12C=Cc1c(ccc3ccccc13)O2. The molecule has 4 aliphatic rings. The van der Waals surface area contributed by atoms with E-state index in [1.54, 1.807) is 0 Å². The van der Waals surface area contributed by atoms with Crippen molar-refractivity contribution >= 4 is 34.4 Å². The Hall–Kier alpha value is -3.86. The number of amides is 2. The highest BCUT2D eigenvalue weighted by Gasteiger charge is 2.57. The van der Waals surface area contributed by atoms with Gasteiger partial charge in [0.05, 0.1) is 12.0 Å². The summed E-state index contributed by atoms with van der Waals surface area (Å²) in [6, 6.07) is 18.9. The van der Waals surface area contributed by atoms with E-state index in [9.17, 15) is 9.59 Å². The molecule has 0 fully saturated rings. The van der Waals surface area contributed by atoms with Gasteiger partial charge in [0.2, 0.25) is 5.72 Å². The predicted octanol–water partition coefficient (Wildman–Crippen LogP) is 6.11. The van der Waals surface area contributed by atoms with Crippen LogP contribution >= 0.6 is 0 Å². The van der Waals surface area contributed by atoms with Gasteiger partial charge in [-0.15, -0.1) is 0 Å². The lowest BCUT2D eigenvalue weighted by Crippen LogP contribution is -2.58. The molecule has 3 aliphatic heterocycles. The van der Waals surface area contributed by atoms with Gasteiger partial charge in [0.1, 0.15) is 5.75 Å². The molecule has 0 saturated heterocycles. The molecule has 7 rings (SSSR count). The summed E-state index contributed by atoms with van der Waals surface area (Å²) in [7, 11) is 2.07. The van der Waals surface area contributed by atoms with Crippen LogP contribution in [0.15, 0.2) is 71.8 Å². The molecule has 1 unspecified atom stereocenters. The molecule has 0 bridgehead atoms. The van der Waals surface area contributed by atoms with Crippen LogP contribution in [0.5, 0.6) is 5.75 Å². The summed E-state index contributed by atoms with van der Waals surface area (Å²) in [5.74, 6) is 0.666. The van der Waals surface area contributed by atoms with Crippen LogP contribution in [0.2, 0.25) is 0 Å². The van der Waals surface area contributed by atoms with Crippen LogP contribution in [0, 0.1) is 0 Å². The molecule has 3 aromatic rings. The second-order valence-electron chi connectivity index (χ2n) is 11.2. The quantitative estimate of drug-likeness (QED) is 0.407. The van der Waals surface area contributed by atoms with E-state index in [1.165, 1.54) is 21.2 Å². The number of anilines is 1.